The number of carbonyl (C=O) groups excluding carboxylic acids is 1. The van der Waals surface area contributed by atoms with E-state index in [9.17, 15) is 4.79 Å². The molecule has 4 nitrogen and oxygen atoms in total. The minimum Gasteiger partial charge on any atom is -0.444 e. The van der Waals surface area contributed by atoms with Gasteiger partial charge in [-0.2, -0.15) is 0 Å². The van der Waals surface area contributed by atoms with Crippen LogP contribution in [0.4, 0.5) is 4.79 Å². The van der Waals surface area contributed by atoms with E-state index in [1.54, 1.807) is 0 Å². The van der Waals surface area contributed by atoms with E-state index in [1.807, 2.05) is 20.8 Å². The van der Waals surface area contributed by atoms with Gasteiger partial charge >= 0.3 is 6.09 Å². The number of carbonyl (C=O) groups is 1. The summed E-state index contributed by atoms with van der Waals surface area (Å²) in [6.45, 7) is 10.9. The van der Waals surface area contributed by atoms with Crippen LogP contribution in [0.2, 0.25) is 0 Å². The van der Waals surface area contributed by atoms with Gasteiger partial charge in [0.25, 0.3) is 0 Å². The lowest BCUT2D eigenvalue weighted by Gasteiger charge is -2.25. The van der Waals surface area contributed by atoms with Gasteiger partial charge < -0.3 is 15.4 Å². The van der Waals surface area contributed by atoms with Gasteiger partial charge in [-0.25, -0.2) is 4.79 Å². The summed E-state index contributed by atoms with van der Waals surface area (Å²) >= 11 is 0. The van der Waals surface area contributed by atoms with E-state index in [0.29, 0.717) is 6.04 Å². The van der Waals surface area contributed by atoms with Gasteiger partial charge in [0.15, 0.2) is 0 Å². The molecule has 0 bridgehead atoms. The minimum atomic E-state index is -0.438. The average Bonchev–Trinajstić information content (AvgIpc) is 2.66. The van der Waals surface area contributed by atoms with Crippen molar-refractivity contribution >= 4 is 6.09 Å². The Kier molecular flexibility index (Phi) is 8.23. The maximum Gasteiger partial charge on any atom is 0.407 e. The molecule has 1 aliphatic rings. The summed E-state index contributed by atoms with van der Waals surface area (Å²) in [4.78, 5) is 11.9. The van der Waals surface area contributed by atoms with Gasteiger partial charge in [-0.15, -0.1) is 0 Å². The molecule has 1 saturated carbocycles. The largest absolute Gasteiger partial charge is 0.444 e. The van der Waals surface area contributed by atoms with Crippen LogP contribution in [-0.4, -0.2) is 30.3 Å². The summed E-state index contributed by atoms with van der Waals surface area (Å²) in [6.07, 6.45) is 8.48. The van der Waals surface area contributed by atoms with Crippen LogP contribution in [0.5, 0.6) is 0 Å². The van der Waals surface area contributed by atoms with E-state index in [4.69, 9.17) is 4.74 Å². The number of nitrogens with one attached hydrogen (secondary N) is 2. The summed E-state index contributed by atoms with van der Waals surface area (Å²) in [5.41, 5.74) is -0.438. The van der Waals surface area contributed by atoms with E-state index < -0.39 is 5.60 Å². The molecule has 0 spiro atoms. The molecule has 0 aromatic heterocycles. The lowest BCUT2D eigenvalue weighted by molar-refractivity contribution is 0.0501. The van der Waals surface area contributed by atoms with Gasteiger partial charge in [0.05, 0.1) is 0 Å². The molecule has 4 heteroatoms. The molecule has 130 valence electrons. The molecule has 0 heterocycles. The molecular weight excluding hydrogens is 276 g/mol. The zero-order chi connectivity index (χ0) is 16.6. The van der Waals surface area contributed by atoms with Crippen molar-refractivity contribution in [2.45, 2.75) is 97.2 Å². The molecular formula is C18H36N2O2. The van der Waals surface area contributed by atoms with Gasteiger partial charge in [0, 0.05) is 18.6 Å². The number of hydrogen-bond donors (Lipinski definition) is 2. The van der Waals surface area contributed by atoms with Crippen molar-refractivity contribution in [2.24, 2.45) is 5.92 Å². The Hall–Kier alpha value is -0.770. The highest BCUT2D eigenvalue weighted by atomic mass is 16.6. The fraction of sp³-hybridized carbons (Fsp3) is 0.944. The van der Waals surface area contributed by atoms with Crippen LogP contribution in [-0.2, 0) is 4.74 Å². The van der Waals surface area contributed by atoms with Crippen LogP contribution in [0.25, 0.3) is 0 Å². The Morgan fingerprint density at radius 2 is 1.91 bits per heavy atom. The maximum absolute atomic E-state index is 11.9. The van der Waals surface area contributed by atoms with Crippen LogP contribution in [0, 0.1) is 5.92 Å². The lowest BCUT2D eigenvalue weighted by Crippen LogP contribution is -2.46. The van der Waals surface area contributed by atoms with Crippen LogP contribution < -0.4 is 10.6 Å². The Bertz CT molecular complexity index is 326. The minimum absolute atomic E-state index is 0.139. The Labute approximate surface area is 136 Å². The maximum atomic E-state index is 11.9. The van der Waals surface area contributed by atoms with Gasteiger partial charge in [-0.3, -0.25) is 0 Å². The normalized spacial score (nSPS) is 24.4. The van der Waals surface area contributed by atoms with Crippen molar-refractivity contribution in [1.82, 2.24) is 10.6 Å². The van der Waals surface area contributed by atoms with E-state index in [-0.39, 0.29) is 12.1 Å². The monoisotopic (exact) mass is 312 g/mol. The molecule has 3 unspecified atom stereocenters. The van der Waals surface area contributed by atoms with Gasteiger partial charge in [-0.05, 0) is 52.4 Å². The van der Waals surface area contributed by atoms with Gasteiger partial charge in [-0.1, -0.05) is 33.1 Å². The number of rotatable bonds is 6. The topological polar surface area (TPSA) is 50.4 Å². The summed E-state index contributed by atoms with van der Waals surface area (Å²) in [5, 5.41) is 6.63. The van der Waals surface area contributed by atoms with Crippen molar-refractivity contribution in [3.8, 4) is 0 Å². The van der Waals surface area contributed by atoms with Crippen molar-refractivity contribution < 1.29 is 9.53 Å². The van der Waals surface area contributed by atoms with Crippen molar-refractivity contribution in [1.29, 1.82) is 0 Å². The van der Waals surface area contributed by atoms with Gasteiger partial charge in [0.1, 0.15) is 5.60 Å². The molecule has 1 fully saturated rings. The highest BCUT2D eigenvalue weighted by molar-refractivity contribution is 5.68. The molecule has 0 aliphatic heterocycles. The first kappa shape index (κ1) is 19.3. The van der Waals surface area contributed by atoms with Crippen molar-refractivity contribution in [3.63, 3.8) is 0 Å². The second kappa shape index (κ2) is 9.39. The van der Waals surface area contributed by atoms with Crippen LogP contribution in [0.3, 0.4) is 0 Å². The molecule has 0 saturated heterocycles. The Balaban J connectivity index is 2.32. The third kappa shape index (κ3) is 8.02. The average molecular weight is 312 g/mol. The van der Waals surface area contributed by atoms with Crippen LogP contribution in [0.15, 0.2) is 0 Å². The fourth-order valence-electron chi connectivity index (χ4n) is 3.07. The summed E-state index contributed by atoms with van der Waals surface area (Å²) in [6, 6.07) is 0.742. The van der Waals surface area contributed by atoms with Crippen LogP contribution in [0.1, 0.15) is 79.6 Å². The van der Waals surface area contributed by atoms with Crippen LogP contribution >= 0.6 is 0 Å². The second-order valence-corrected chi connectivity index (χ2v) is 7.64. The van der Waals surface area contributed by atoms with E-state index >= 15 is 0 Å². The Morgan fingerprint density at radius 1 is 1.18 bits per heavy atom. The van der Waals surface area contributed by atoms with Crippen molar-refractivity contribution in [2.75, 3.05) is 6.54 Å². The number of alkyl carbamates (subject to hydrolysis) is 1. The molecule has 0 radical (unpaired) electrons. The number of amides is 1. The smallest absolute Gasteiger partial charge is 0.407 e. The highest BCUT2D eigenvalue weighted by Gasteiger charge is 2.21. The number of hydrogen-bond acceptors (Lipinski definition) is 3. The lowest BCUT2D eigenvalue weighted by atomic mass is 9.98. The molecule has 3 atom stereocenters. The predicted octanol–water partition coefficient (Wildman–Crippen LogP) is 4.24. The SMILES string of the molecule is CCC1CCCC(NCC(CC)NC(=O)OC(C)(C)C)CC1. The first-order valence-electron chi connectivity index (χ1n) is 9.07. The van der Waals surface area contributed by atoms with E-state index in [1.165, 1.54) is 38.5 Å². The second-order valence-electron chi connectivity index (χ2n) is 7.64. The zero-order valence-electron chi connectivity index (χ0n) is 15.2. The summed E-state index contributed by atoms with van der Waals surface area (Å²) in [5.74, 6) is 0.911. The first-order valence-corrected chi connectivity index (χ1v) is 9.07. The first-order chi connectivity index (χ1) is 10.3. The molecule has 1 rings (SSSR count). The molecule has 0 aromatic carbocycles. The quantitative estimate of drug-likeness (QED) is 0.721. The van der Waals surface area contributed by atoms with E-state index in [2.05, 4.69) is 24.5 Å². The molecule has 2 N–H and O–H groups in total. The molecule has 0 aromatic rings. The third-order valence-corrected chi connectivity index (χ3v) is 4.53. The molecule has 1 aliphatic carbocycles. The summed E-state index contributed by atoms with van der Waals surface area (Å²) in [7, 11) is 0. The van der Waals surface area contributed by atoms with Crippen molar-refractivity contribution in [3.05, 3.63) is 0 Å². The summed E-state index contributed by atoms with van der Waals surface area (Å²) < 4.78 is 5.33. The zero-order valence-corrected chi connectivity index (χ0v) is 15.2. The fourth-order valence-corrected chi connectivity index (χ4v) is 3.07. The standard InChI is InChI=1S/C18H36N2O2/c1-6-14-9-8-10-16(12-11-14)19-13-15(7-2)20-17(21)22-18(3,4)5/h14-16,19H,6-13H2,1-5H3,(H,20,21). The molecule has 22 heavy (non-hydrogen) atoms. The third-order valence-electron chi connectivity index (χ3n) is 4.53. The highest BCUT2D eigenvalue weighted by Crippen LogP contribution is 2.25. The Morgan fingerprint density at radius 3 is 2.50 bits per heavy atom. The number of ether oxygens (including phenoxy) is 1. The predicted molar refractivity (Wildman–Crippen MR) is 92.1 cm³/mol. The molecule has 1 amide bonds. The van der Waals surface area contributed by atoms with E-state index in [0.717, 1.165) is 18.9 Å². The van der Waals surface area contributed by atoms with Gasteiger partial charge in [0.2, 0.25) is 0 Å².